The Labute approximate surface area is 92.7 Å². The Morgan fingerprint density at radius 3 is 3.21 bits per heavy atom. The number of anilines is 1. The van der Waals surface area contributed by atoms with E-state index in [0.29, 0.717) is 11.8 Å². The van der Waals surface area contributed by atoms with E-state index >= 15 is 0 Å². The summed E-state index contributed by atoms with van der Waals surface area (Å²) >= 11 is 3.76. The third kappa shape index (κ3) is 2.21. The first kappa shape index (κ1) is 10.3. The van der Waals surface area contributed by atoms with Gasteiger partial charge < -0.3 is 10.6 Å². The molecule has 3 nitrogen and oxygen atoms in total. The summed E-state index contributed by atoms with van der Waals surface area (Å²) in [5, 5.41) is 1.85. The van der Waals surface area contributed by atoms with Gasteiger partial charge in [0.2, 0.25) is 0 Å². The fourth-order valence-corrected chi connectivity index (χ4v) is 3.37. The van der Waals surface area contributed by atoms with E-state index in [0.717, 1.165) is 18.2 Å². The van der Waals surface area contributed by atoms with Crippen molar-refractivity contribution in [3.63, 3.8) is 0 Å². The van der Waals surface area contributed by atoms with Crippen molar-refractivity contribution < 1.29 is 0 Å². The Morgan fingerprint density at radius 1 is 1.71 bits per heavy atom. The molecular formula is C9H15N3S2. The normalized spacial score (nSPS) is 22.7. The minimum atomic E-state index is 0.607. The average molecular weight is 229 g/mol. The summed E-state index contributed by atoms with van der Waals surface area (Å²) in [7, 11) is 0. The fraction of sp³-hybridized carbons (Fsp3) is 0.667. The molecule has 2 rings (SSSR count). The maximum atomic E-state index is 5.57. The molecule has 1 aliphatic rings. The number of nitrogens with two attached hydrogens (primary N) is 1. The van der Waals surface area contributed by atoms with Crippen molar-refractivity contribution in [2.45, 2.75) is 18.7 Å². The van der Waals surface area contributed by atoms with Crippen molar-refractivity contribution in [3.8, 4) is 0 Å². The lowest BCUT2D eigenvalue weighted by molar-refractivity contribution is 0.779. The summed E-state index contributed by atoms with van der Waals surface area (Å²) in [4.78, 5) is 7.94. The van der Waals surface area contributed by atoms with Crippen LogP contribution >= 0.6 is 23.1 Å². The van der Waals surface area contributed by atoms with Crippen LogP contribution in [0, 0.1) is 0 Å². The highest BCUT2D eigenvalue weighted by Gasteiger charge is 2.18. The molecule has 1 unspecified atom stereocenters. The zero-order valence-corrected chi connectivity index (χ0v) is 9.90. The first-order chi connectivity index (χ1) is 6.79. The monoisotopic (exact) mass is 229 g/mol. The van der Waals surface area contributed by atoms with Crippen LogP contribution in [0.4, 0.5) is 5.13 Å². The SMILES string of the molecule is CC1CN(c2ncc(CN)s2)CCS1. The lowest BCUT2D eigenvalue weighted by Crippen LogP contribution is -2.36. The Hall–Kier alpha value is -0.260. The van der Waals surface area contributed by atoms with E-state index in [1.165, 1.54) is 10.6 Å². The first-order valence-corrected chi connectivity index (χ1v) is 6.67. The maximum absolute atomic E-state index is 5.57. The van der Waals surface area contributed by atoms with E-state index in [1.807, 2.05) is 18.0 Å². The number of hydrogen-bond donors (Lipinski definition) is 1. The second kappa shape index (κ2) is 4.51. The standard InChI is InChI=1S/C9H15N3S2/c1-7-6-12(2-3-13-7)9-11-5-8(4-10)14-9/h5,7H,2-4,6,10H2,1H3. The number of hydrogen-bond acceptors (Lipinski definition) is 5. The van der Waals surface area contributed by atoms with Crippen LogP contribution in [-0.2, 0) is 6.54 Å². The molecule has 0 radical (unpaired) electrons. The van der Waals surface area contributed by atoms with Gasteiger partial charge in [0.05, 0.1) is 0 Å². The molecule has 1 saturated heterocycles. The van der Waals surface area contributed by atoms with Crippen LogP contribution in [0.2, 0.25) is 0 Å². The van der Waals surface area contributed by atoms with Crippen molar-refractivity contribution in [1.29, 1.82) is 0 Å². The summed E-state index contributed by atoms with van der Waals surface area (Å²) in [5.41, 5.74) is 5.57. The molecule has 0 bridgehead atoms. The molecule has 0 amide bonds. The van der Waals surface area contributed by atoms with E-state index in [1.54, 1.807) is 11.3 Å². The van der Waals surface area contributed by atoms with Crippen molar-refractivity contribution in [2.75, 3.05) is 23.7 Å². The molecule has 1 atom stereocenters. The number of thioether (sulfide) groups is 1. The van der Waals surface area contributed by atoms with Crippen LogP contribution in [0.1, 0.15) is 11.8 Å². The molecule has 1 aromatic heterocycles. The molecule has 1 aromatic rings. The van der Waals surface area contributed by atoms with Crippen LogP contribution in [0.25, 0.3) is 0 Å². The predicted molar refractivity (Wildman–Crippen MR) is 64.1 cm³/mol. The summed E-state index contributed by atoms with van der Waals surface area (Å²) < 4.78 is 0. The van der Waals surface area contributed by atoms with Crippen LogP contribution in [0.3, 0.4) is 0 Å². The Bertz CT molecular complexity index is 300. The second-order valence-corrected chi connectivity index (χ2v) is 6.08. The molecule has 0 aromatic carbocycles. The smallest absolute Gasteiger partial charge is 0.185 e. The molecular weight excluding hydrogens is 214 g/mol. The van der Waals surface area contributed by atoms with Gasteiger partial charge in [-0.25, -0.2) is 4.98 Å². The first-order valence-electron chi connectivity index (χ1n) is 4.81. The largest absolute Gasteiger partial charge is 0.346 e. The lowest BCUT2D eigenvalue weighted by atomic mass is 10.4. The fourth-order valence-electron chi connectivity index (χ4n) is 1.53. The van der Waals surface area contributed by atoms with E-state index in [4.69, 9.17) is 5.73 Å². The highest BCUT2D eigenvalue weighted by Crippen LogP contribution is 2.27. The Morgan fingerprint density at radius 2 is 2.57 bits per heavy atom. The summed E-state index contributed by atoms with van der Waals surface area (Å²) in [5.74, 6) is 1.21. The van der Waals surface area contributed by atoms with E-state index in [9.17, 15) is 0 Å². The van der Waals surface area contributed by atoms with Crippen LogP contribution < -0.4 is 10.6 Å². The third-order valence-electron chi connectivity index (χ3n) is 2.25. The highest BCUT2D eigenvalue weighted by atomic mass is 32.2. The van der Waals surface area contributed by atoms with Crippen molar-refractivity contribution in [1.82, 2.24) is 4.98 Å². The van der Waals surface area contributed by atoms with Gasteiger partial charge in [-0.3, -0.25) is 0 Å². The van der Waals surface area contributed by atoms with Crippen molar-refractivity contribution >= 4 is 28.2 Å². The molecule has 0 spiro atoms. The summed E-state index contributed by atoms with van der Waals surface area (Å²) in [6.45, 7) is 5.11. The summed E-state index contributed by atoms with van der Waals surface area (Å²) in [6, 6.07) is 0. The minimum Gasteiger partial charge on any atom is -0.346 e. The van der Waals surface area contributed by atoms with Gasteiger partial charge in [-0.05, 0) is 0 Å². The zero-order valence-electron chi connectivity index (χ0n) is 8.27. The molecule has 0 aliphatic carbocycles. The maximum Gasteiger partial charge on any atom is 0.185 e. The molecule has 5 heteroatoms. The zero-order chi connectivity index (χ0) is 9.97. The highest BCUT2D eigenvalue weighted by molar-refractivity contribution is 8.00. The predicted octanol–water partition coefficient (Wildman–Crippen LogP) is 1.54. The molecule has 14 heavy (non-hydrogen) atoms. The number of nitrogens with zero attached hydrogens (tertiary/aromatic N) is 2. The lowest BCUT2D eigenvalue weighted by Gasteiger charge is -2.30. The molecule has 78 valence electrons. The number of rotatable bonds is 2. The van der Waals surface area contributed by atoms with Gasteiger partial charge in [0.25, 0.3) is 0 Å². The molecule has 1 aliphatic heterocycles. The molecule has 2 N–H and O–H groups in total. The van der Waals surface area contributed by atoms with Gasteiger partial charge in [0.1, 0.15) is 0 Å². The van der Waals surface area contributed by atoms with Gasteiger partial charge in [0, 0.05) is 41.7 Å². The van der Waals surface area contributed by atoms with Crippen LogP contribution in [0.15, 0.2) is 6.20 Å². The van der Waals surface area contributed by atoms with E-state index in [-0.39, 0.29) is 0 Å². The number of aromatic nitrogens is 1. The topological polar surface area (TPSA) is 42.2 Å². The van der Waals surface area contributed by atoms with Gasteiger partial charge >= 0.3 is 0 Å². The average Bonchev–Trinajstić information content (AvgIpc) is 2.66. The molecule has 2 heterocycles. The molecule has 1 fully saturated rings. The van der Waals surface area contributed by atoms with Crippen molar-refractivity contribution in [3.05, 3.63) is 11.1 Å². The Kier molecular flexibility index (Phi) is 3.30. The van der Waals surface area contributed by atoms with Crippen LogP contribution in [0.5, 0.6) is 0 Å². The van der Waals surface area contributed by atoms with Gasteiger partial charge in [-0.2, -0.15) is 11.8 Å². The quantitative estimate of drug-likeness (QED) is 0.835. The van der Waals surface area contributed by atoms with Gasteiger partial charge in [-0.1, -0.05) is 6.92 Å². The van der Waals surface area contributed by atoms with Crippen molar-refractivity contribution in [2.24, 2.45) is 5.73 Å². The second-order valence-electron chi connectivity index (χ2n) is 3.44. The summed E-state index contributed by atoms with van der Waals surface area (Å²) in [6.07, 6.45) is 1.90. The van der Waals surface area contributed by atoms with E-state index in [2.05, 4.69) is 16.8 Å². The van der Waals surface area contributed by atoms with Crippen LogP contribution in [-0.4, -0.2) is 29.1 Å². The number of thiazole rings is 1. The van der Waals surface area contributed by atoms with Gasteiger partial charge in [0.15, 0.2) is 5.13 Å². The Balaban J connectivity index is 2.06. The molecule has 0 saturated carbocycles. The third-order valence-corrected chi connectivity index (χ3v) is 4.47. The van der Waals surface area contributed by atoms with Gasteiger partial charge in [-0.15, -0.1) is 11.3 Å². The van der Waals surface area contributed by atoms with E-state index < -0.39 is 0 Å². The minimum absolute atomic E-state index is 0.607.